The van der Waals surface area contributed by atoms with Crippen LogP contribution in [0.5, 0.6) is 0 Å². The number of halogens is 2. The quantitative estimate of drug-likeness (QED) is 0.916. The molecule has 1 fully saturated rings. The van der Waals surface area contributed by atoms with E-state index in [2.05, 4.69) is 5.32 Å². The van der Waals surface area contributed by atoms with E-state index >= 15 is 0 Å². The summed E-state index contributed by atoms with van der Waals surface area (Å²) < 4.78 is 27.9. The lowest BCUT2D eigenvalue weighted by Crippen LogP contribution is -2.43. The first-order valence-corrected chi connectivity index (χ1v) is 7.62. The number of carbonyl (C=O) groups excluding carboxylic acids is 1. The molecular formula is C16H22F2N2O. The smallest absolute Gasteiger partial charge is 0.254 e. The molecule has 116 valence electrons. The molecule has 1 saturated heterocycles. The zero-order valence-corrected chi connectivity index (χ0v) is 12.6. The zero-order valence-electron chi connectivity index (χ0n) is 12.6. The fourth-order valence-electron chi connectivity index (χ4n) is 2.90. The number of hydrogen-bond acceptors (Lipinski definition) is 2. The van der Waals surface area contributed by atoms with Crippen LogP contribution in [0.15, 0.2) is 12.1 Å². The molecule has 1 amide bonds. The Morgan fingerprint density at radius 2 is 1.95 bits per heavy atom. The van der Waals surface area contributed by atoms with E-state index in [9.17, 15) is 13.6 Å². The number of nitrogens with one attached hydrogen (secondary N) is 1. The molecule has 0 saturated carbocycles. The highest BCUT2D eigenvalue weighted by Gasteiger charge is 2.27. The van der Waals surface area contributed by atoms with Crippen molar-refractivity contribution in [2.75, 3.05) is 18.4 Å². The standard InChI is InChI=1S/C16H22F2N2O/c1-3-12-7-5-6-8-20(12)16(21)11-9-13(17)15(19-4-2)14(18)10-11/h9-10,12,19H,3-8H2,1-2H3. The third-order valence-corrected chi connectivity index (χ3v) is 4.00. The predicted octanol–water partition coefficient (Wildman–Crippen LogP) is 3.80. The molecular weight excluding hydrogens is 274 g/mol. The van der Waals surface area contributed by atoms with E-state index in [-0.39, 0.29) is 23.2 Å². The van der Waals surface area contributed by atoms with E-state index in [0.29, 0.717) is 13.1 Å². The van der Waals surface area contributed by atoms with Crippen LogP contribution in [0.2, 0.25) is 0 Å². The fraction of sp³-hybridized carbons (Fsp3) is 0.562. The maximum atomic E-state index is 13.9. The van der Waals surface area contributed by atoms with Gasteiger partial charge >= 0.3 is 0 Å². The summed E-state index contributed by atoms with van der Waals surface area (Å²) in [5.74, 6) is -1.71. The Morgan fingerprint density at radius 3 is 2.52 bits per heavy atom. The topological polar surface area (TPSA) is 32.3 Å². The zero-order chi connectivity index (χ0) is 15.4. The summed E-state index contributed by atoms with van der Waals surface area (Å²) in [5.41, 5.74) is -0.0771. The molecule has 1 N–H and O–H groups in total. The number of piperidine rings is 1. The second kappa shape index (κ2) is 6.87. The highest BCUT2D eigenvalue weighted by Crippen LogP contribution is 2.25. The molecule has 1 unspecified atom stereocenters. The van der Waals surface area contributed by atoms with Crippen molar-refractivity contribution in [1.29, 1.82) is 0 Å². The van der Waals surface area contributed by atoms with Gasteiger partial charge in [-0.1, -0.05) is 6.92 Å². The van der Waals surface area contributed by atoms with Gasteiger partial charge in [-0.15, -0.1) is 0 Å². The van der Waals surface area contributed by atoms with Crippen molar-refractivity contribution < 1.29 is 13.6 Å². The largest absolute Gasteiger partial charge is 0.381 e. The molecule has 1 atom stereocenters. The number of carbonyl (C=O) groups is 1. The van der Waals surface area contributed by atoms with Crippen molar-refractivity contribution >= 4 is 11.6 Å². The van der Waals surface area contributed by atoms with Gasteiger partial charge in [0.25, 0.3) is 5.91 Å². The van der Waals surface area contributed by atoms with Crippen LogP contribution in [0.25, 0.3) is 0 Å². The average Bonchev–Trinajstić information content (AvgIpc) is 2.50. The molecule has 1 aromatic rings. The summed E-state index contributed by atoms with van der Waals surface area (Å²) in [7, 11) is 0. The van der Waals surface area contributed by atoms with Crippen LogP contribution in [-0.2, 0) is 0 Å². The van der Waals surface area contributed by atoms with Crippen LogP contribution < -0.4 is 5.32 Å². The van der Waals surface area contributed by atoms with Gasteiger partial charge < -0.3 is 10.2 Å². The van der Waals surface area contributed by atoms with Crippen LogP contribution in [0.4, 0.5) is 14.5 Å². The fourth-order valence-corrected chi connectivity index (χ4v) is 2.90. The van der Waals surface area contributed by atoms with Gasteiger partial charge in [-0.3, -0.25) is 4.79 Å². The van der Waals surface area contributed by atoms with E-state index in [0.717, 1.165) is 37.8 Å². The van der Waals surface area contributed by atoms with Gasteiger partial charge in [0.1, 0.15) is 17.3 Å². The lowest BCUT2D eigenvalue weighted by molar-refractivity contribution is 0.0607. The monoisotopic (exact) mass is 296 g/mol. The van der Waals surface area contributed by atoms with Crippen molar-refractivity contribution in [3.63, 3.8) is 0 Å². The molecule has 1 aliphatic heterocycles. The lowest BCUT2D eigenvalue weighted by Gasteiger charge is -2.35. The number of amides is 1. The Balaban J connectivity index is 2.26. The van der Waals surface area contributed by atoms with Gasteiger partial charge in [0.15, 0.2) is 0 Å². The third kappa shape index (κ3) is 3.34. The lowest BCUT2D eigenvalue weighted by atomic mass is 9.98. The summed E-state index contributed by atoms with van der Waals surface area (Å²) >= 11 is 0. The minimum Gasteiger partial charge on any atom is -0.381 e. The molecule has 1 heterocycles. The van der Waals surface area contributed by atoms with E-state index in [1.807, 2.05) is 6.92 Å². The van der Waals surface area contributed by atoms with Gasteiger partial charge in [0, 0.05) is 24.7 Å². The van der Waals surface area contributed by atoms with Gasteiger partial charge in [-0.05, 0) is 44.7 Å². The van der Waals surface area contributed by atoms with E-state index in [1.165, 1.54) is 0 Å². The first-order chi connectivity index (χ1) is 10.1. The predicted molar refractivity (Wildman–Crippen MR) is 79.5 cm³/mol. The summed E-state index contributed by atoms with van der Waals surface area (Å²) in [6, 6.07) is 2.43. The maximum Gasteiger partial charge on any atom is 0.254 e. The van der Waals surface area contributed by atoms with Crippen molar-refractivity contribution in [2.45, 2.75) is 45.6 Å². The summed E-state index contributed by atoms with van der Waals surface area (Å²) in [4.78, 5) is 14.3. The van der Waals surface area contributed by atoms with Crippen LogP contribution in [-0.4, -0.2) is 29.9 Å². The van der Waals surface area contributed by atoms with E-state index in [1.54, 1.807) is 11.8 Å². The normalized spacial score (nSPS) is 18.7. The number of rotatable bonds is 4. The second-order valence-corrected chi connectivity index (χ2v) is 5.40. The first kappa shape index (κ1) is 15.7. The number of benzene rings is 1. The molecule has 0 bridgehead atoms. The Morgan fingerprint density at radius 1 is 1.29 bits per heavy atom. The number of anilines is 1. The van der Waals surface area contributed by atoms with Crippen LogP contribution >= 0.6 is 0 Å². The molecule has 5 heteroatoms. The van der Waals surface area contributed by atoms with Crippen molar-refractivity contribution in [3.05, 3.63) is 29.3 Å². The van der Waals surface area contributed by atoms with Gasteiger partial charge in [0.05, 0.1) is 0 Å². The highest BCUT2D eigenvalue weighted by atomic mass is 19.1. The van der Waals surface area contributed by atoms with Crippen molar-refractivity contribution in [3.8, 4) is 0 Å². The van der Waals surface area contributed by atoms with Gasteiger partial charge in [-0.2, -0.15) is 0 Å². The van der Waals surface area contributed by atoms with Gasteiger partial charge in [0.2, 0.25) is 0 Å². The summed E-state index contributed by atoms with van der Waals surface area (Å²) in [6.07, 6.45) is 3.88. The van der Waals surface area contributed by atoms with Gasteiger partial charge in [-0.25, -0.2) is 8.78 Å². The average molecular weight is 296 g/mol. The first-order valence-electron chi connectivity index (χ1n) is 7.62. The molecule has 0 aliphatic carbocycles. The molecule has 21 heavy (non-hydrogen) atoms. The maximum absolute atomic E-state index is 13.9. The minimum atomic E-state index is -0.717. The Bertz CT molecular complexity index is 496. The van der Waals surface area contributed by atoms with Crippen LogP contribution in [0.1, 0.15) is 49.9 Å². The molecule has 1 aliphatic rings. The molecule has 0 radical (unpaired) electrons. The minimum absolute atomic E-state index is 0.0898. The molecule has 2 rings (SSSR count). The van der Waals surface area contributed by atoms with Crippen molar-refractivity contribution in [2.24, 2.45) is 0 Å². The van der Waals surface area contributed by atoms with Crippen molar-refractivity contribution in [1.82, 2.24) is 4.90 Å². The SMILES string of the molecule is CCNc1c(F)cc(C(=O)N2CCCCC2CC)cc1F. The Labute approximate surface area is 124 Å². The Kier molecular flexibility index (Phi) is 5.15. The molecule has 0 aromatic heterocycles. The van der Waals surface area contributed by atoms with Crippen LogP contribution in [0.3, 0.4) is 0 Å². The second-order valence-electron chi connectivity index (χ2n) is 5.40. The molecule has 3 nitrogen and oxygen atoms in total. The number of likely N-dealkylation sites (tertiary alicyclic amines) is 1. The third-order valence-electron chi connectivity index (χ3n) is 4.00. The summed E-state index contributed by atoms with van der Waals surface area (Å²) in [6.45, 7) is 4.88. The molecule has 0 spiro atoms. The number of hydrogen-bond donors (Lipinski definition) is 1. The Hall–Kier alpha value is -1.65. The van der Waals surface area contributed by atoms with E-state index in [4.69, 9.17) is 0 Å². The summed E-state index contributed by atoms with van der Waals surface area (Å²) in [5, 5.41) is 2.63. The number of nitrogens with zero attached hydrogens (tertiary/aromatic N) is 1. The van der Waals surface area contributed by atoms with Crippen LogP contribution in [0, 0.1) is 11.6 Å². The molecule has 1 aromatic carbocycles. The highest BCUT2D eigenvalue weighted by molar-refractivity contribution is 5.95. The van der Waals surface area contributed by atoms with E-state index < -0.39 is 11.6 Å².